The largest absolute Gasteiger partial charge is 0.493 e. The molecule has 0 amide bonds. The van der Waals surface area contributed by atoms with Gasteiger partial charge in [0.05, 0.1) is 6.61 Å². The molecule has 2 aliphatic rings. The zero-order chi connectivity index (χ0) is 19.3. The van der Waals surface area contributed by atoms with Gasteiger partial charge in [0.15, 0.2) is 22.9 Å². The Hall–Kier alpha value is -2.09. The van der Waals surface area contributed by atoms with Crippen molar-refractivity contribution in [3.8, 4) is 11.5 Å². The number of halogens is 1. The third kappa shape index (κ3) is 4.48. The quantitative estimate of drug-likeness (QED) is 0.753. The second kappa shape index (κ2) is 8.94. The van der Waals surface area contributed by atoms with Gasteiger partial charge < -0.3 is 19.2 Å². The zero-order valence-electron chi connectivity index (χ0n) is 15.9. The van der Waals surface area contributed by atoms with Gasteiger partial charge in [-0.15, -0.1) is 15.7 Å². The van der Waals surface area contributed by atoms with Gasteiger partial charge in [-0.1, -0.05) is 11.6 Å². The fourth-order valence-electron chi connectivity index (χ4n) is 3.65. The summed E-state index contributed by atoms with van der Waals surface area (Å²) in [6.07, 6.45) is 3.09. The highest BCUT2D eigenvalue weighted by atomic mass is 35.5. The van der Waals surface area contributed by atoms with Gasteiger partial charge in [-0.3, -0.25) is 0 Å². The zero-order valence-corrected chi connectivity index (χ0v) is 16.7. The fraction of sp³-hybridized carbons (Fsp3) is 0.500. The van der Waals surface area contributed by atoms with E-state index in [0.717, 1.165) is 55.2 Å². The number of rotatable bonds is 7. The molecule has 0 saturated carbocycles. The van der Waals surface area contributed by atoms with E-state index in [2.05, 4.69) is 20.6 Å². The van der Waals surface area contributed by atoms with Crippen LogP contribution in [0.3, 0.4) is 0 Å². The van der Waals surface area contributed by atoms with Crippen molar-refractivity contribution in [1.29, 1.82) is 0 Å². The first-order chi connectivity index (χ1) is 13.7. The highest BCUT2D eigenvalue weighted by molar-refractivity contribution is 6.29. The third-order valence-corrected chi connectivity index (χ3v) is 5.43. The molecule has 4 rings (SSSR count). The Morgan fingerprint density at radius 2 is 2.07 bits per heavy atom. The molecule has 1 N–H and O–H groups in total. The van der Waals surface area contributed by atoms with E-state index in [1.54, 1.807) is 6.07 Å². The number of nitrogens with zero attached hydrogens (tertiary/aromatic N) is 3. The van der Waals surface area contributed by atoms with E-state index in [9.17, 15) is 0 Å². The van der Waals surface area contributed by atoms with Gasteiger partial charge >= 0.3 is 0 Å². The molecule has 1 aromatic carbocycles. The van der Waals surface area contributed by atoms with Crippen LogP contribution in [0, 0.1) is 5.92 Å². The lowest BCUT2D eigenvalue weighted by atomic mass is 9.94. The molecule has 1 atom stereocenters. The summed E-state index contributed by atoms with van der Waals surface area (Å²) >= 11 is 5.81. The summed E-state index contributed by atoms with van der Waals surface area (Å²) < 4.78 is 11.5. The highest BCUT2D eigenvalue weighted by Crippen LogP contribution is 2.34. The summed E-state index contributed by atoms with van der Waals surface area (Å²) in [6.45, 7) is 5.26. The number of hydroxylamine groups is 1. The molecule has 1 aromatic heterocycles. The molecule has 0 radical (unpaired) electrons. The number of piperidine rings is 1. The smallest absolute Gasteiger partial charge is 0.169 e. The van der Waals surface area contributed by atoms with Gasteiger partial charge in [0.2, 0.25) is 0 Å². The van der Waals surface area contributed by atoms with Crippen LogP contribution in [0.5, 0.6) is 11.5 Å². The van der Waals surface area contributed by atoms with Crippen molar-refractivity contribution in [3.63, 3.8) is 0 Å². The van der Waals surface area contributed by atoms with E-state index in [4.69, 9.17) is 25.9 Å². The van der Waals surface area contributed by atoms with Crippen LogP contribution in [0.4, 0.5) is 5.82 Å². The van der Waals surface area contributed by atoms with Crippen LogP contribution in [-0.4, -0.2) is 36.5 Å². The summed E-state index contributed by atoms with van der Waals surface area (Å²) in [4.78, 5) is 7.75. The molecule has 0 spiro atoms. The number of fused-ring (bicyclic) bond motifs is 1. The Labute approximate surface area is 169 Å². The van der Waals surface area contributed by atoms with E-state index in [0.29, 0.717) is 24.3 Å². The lowest BCUT2D eigenvalue weighted by molar-refractivity contribution is -0.0111. The average Bonchev–Trinajstić information content (AvgIpc) is 3.12. The normalized spacial score (nSPS) is 19.4. The standard InChI is InChI=1S/C20H25ClN4O3/c1-2-26-20-16-4-3-15(13-17(16)28-24-20)27-12-9-14-7-10-25(11-8-14)19-6-5-18(21)22-23-19/h3-6,13-14,20,24H,2,7-12H2,1H3. The molecule has 0 aliphatic carbocycles. The van der Waals surface area contributed by atoms with Crippen LogP contribution >= 0.6 is 11.6 Å². The number of anilines is 1. The Balaban J connectivity index is 1.22. The van der Waals surface area contributed by atoms with Gasteiger partial charge in [0, 0.05) is 31.3 Å². The van der Waals surface area contributed by atoms with Gasteiger partial charge in [-0.05, 0) is 56.4 Å². The lowest BCUT2D eigenvalue weighted by Gasteiger charge is -2.32. The van der Waals surface area contributed by atoms with E-state index in [1.807, 2.05) is 31.2 Å². The Morgan fingerprint density at radius 1 is 1.21 bits per heavy atom. The maximum absolute atomic E-state index is 5.95. The number of hydrogen-bond acceptors (Lipinski definition) is 7. The molecule has 0 bridgehead atoms. The second-order valence-electron chi connectivity index (χ2n) is 7.04. The summed E-state index contributed by atoms with van der Waals surface area (Å²) in [6, 6.07) is 9.61. The molecule has 1 unspecified atom stereocenters. The molecule has 3 heterocycles. The van der Waals surface area contributed by atoms with E-state index >= 15 is 0 Å². The van der Waals surface area contributed by atoms with Crippen molar-refractivity contribution < 1.29 is 14.3 Å². The van der Waals surface area contributed by atoms with Crippen molar-refractivity contribution in [2.24, 2.45) is 5.92 Å². The molecule has 1 saturated heterocycles. The number of ether oxygens (including phenoxy) is 2. The maximum atomic E-state index is 5.95. The van der Waals surface area contributed by atoms with Crippen LogP contribution in [0.1, 0.15) is 38.0 Å². The monoisotopic (exact) mass is 404 g/mol. The summed E-state index contributed by atoms with van der Waals surface area (Å²) in [5, 5.41) is 8.52. The average molecular weight is 405 g/mol. The van der Waals surface area contributed by atoms with E-state index in [1.165, 1.54) is 0 Å². The van der Waals surface area contributed by atoms with Gasteiger partial charge in [0.25, 0.3) is 0 Å². The minimum atomic E-state index is -0.204. The SMILES string of the molecule is CCOC1NOc2cc(OCCC3CCN(c4ccc(Cl)nn4)CC3)ccc21. The van der Waals surface area contributed by atoms with Crippen LogP contribution in [0.25, 0.3) is 0 Å². The predicted octanol–water partition coefficient (Wildman–Crippen LogP) is 3.75. The minimum Gasteiger partial charge on any atom is -0.493 e. The number of hydrogen-bond donors (Lipinski definition) is 1. The first-order valence-electron chi connectivity index (χ1n) is 9.78. The van der Waals surface area contributed by atoms with Crippen LogP contribution in [0.2, 0.25) is 5.15 Å². The molecule has 150 valence electrons. The fourth-order valence-corrected chi connectivity index (χ4v) is 3.75. The minimum absolute atomic E-state index is 0.204. The van der Waals surface area contributed by atoms with Crippen molar-refractivity contribution >= 4 is 17.4 Å². The van der Waals surface area contributed by atoms with Gasteiger partial charge in [-0.2, -0.15) is 0 Å². The van der Waals surface area contributed by atoms with Gasteiger partial charge in [-0.25, -0.2) is 0 Å². The van der Waals surface area contributed by atoms with Crippen LogP contribution in [0.15, 0.2) is 30.3 Å². The maximum Gasteiger partial charge on any atom is 0.169 e. The summed E-state index contributed by atoms with van der Waals surface area (Å²) in [7, 11) is 0. The van der Waals surface area contributed by atoms with Crippen LogP contribution in [-0.2, 0) is 4.74 Å². The van der Waals surface area contributed by atoms with Gasteiger partial charge in [0.1, 0.15) is 5.75 Å². The summed E-state index contributed by atoms with van der Waals surface area (Å²) in [5.74, 6) is 3.15. The van der Waals surface area contributed by atoms with E-state index < -0.39 is 0 Å². The Bertz CT molecular complexity index is 782. The first-order valence-corrected chi connectivity index (χ1v) is 10.2. The summed E-state index contributed by atoms with van der Waals surface area (Å²) in [5.41, 5.74) is 3.89. The highest BCUT2D eigenvalue weighted by Gasteiger charge is 2.25. The molecule has 1 fully saturated rings. The molecule has 7 nitrogen and oxygen atoms in total. The Kier molecular flexibility index (Phi) is 6.14. The first kappa shape index (κ1) is 19.2. The van der Waals surface area contributed by atoms with Crippen molar-refractivity contribution in [3.05, 3.63) is 41.0 Å². The van der Waals surface area contributed by atoms with Crippen molar-refractivity contribution in [1.82, 2.24) is 15.7 Å². The molecule has 8 heteroatoms. The lowest BCUT2D eigenvalue weighted by Crippen LogP contribution is -2.34. The van der Waals surface area contributed by atoms with Crippen molar-refractivity contribution in [2.45, 2.75) is 32.4 Å². The van der Waals surface area contributed by atoms with E-state index in [-0.39, 0.29) is 6.23 Å². The number of aromatic nitrogens is 2. The molecule has 2 aliphatic heterocycles. The predicted molar refractivity (Wildman–Crippen MR) is 107 cm³/mol. The van der Waals surface area contributed by atoms with Crippen molar-refractivity contribution in [2.75, 3.05) is 31.2 Å². The van der Waals surface area contributed by atoms with Crippen LogP contribution < -0.4 is 20.0 Å². The molecule has 2 aromatic rings. The molecular formula is C20H25ClN4O3. The number of nitrogens with one attached hydrogen (secondary N) is 1. The molecule has 28 heavy (non-hydrogen) atoms. The topological polar surface area (TPSA) is 68.7 Å². The second-order valence-corrected chi connectivity index (χ2v) is 7.42. The Morgan fingerprint density at radius 3 is 2.82 bits per heavy atom. The number of benzene rings is 1. The third-order valence-electron chi connectivity index (χ3n) is 5.23. The molecular weight excluding hydrogens is 380 g/mol.